The molecule has 0 aliphatic carbocycles. The van der Waals surface area contributed by atoms with Crippen molar-refractivity contribution >= 4 is 57.2 Å². The Morgan fingerprint density at radius 3 is 2.17 bits per heavy atom. The van der Waals surface area contributed by atoms with Crippen molar-refractivity contribution in [3.05, 3.63) is 106 Å². The monoisotopic (exact) mass is 503 g/mol. The Morgan fingerprint density at radius 1 is 0.714 bits per heavy atom. The highest BCUT2D eigenvalue weighted by Crippen LogP contribution is 2.31. The third-order valence-corrected chi connectivity index (χ3v) is 6.88. The van der Waals surface area contributed by atoms with Gasteiger partial charge >= 0.3 is 0 Å². The molecule has 1 aliphatic heterocycles. The van der Waals surface area contributed by atoms with Crippen LogP contribution in [0, 0.1) is 0 Å². The summed E-state index contributed by atoms with van der Waals surface area (Å²) in [5, 5.41) is 5.73. The number of carbonyl (C=O) groups is 2. The zero-order valence-electron chi connectivity index (χ0n) is 18.9. The van der Waals surface area contributed by atoms with Gasteiger partial charge in [-0.3, -0.25) is 9.59 Å². The van der Waals surface area contributed by atoms with Crippen LogP contribution >= 0.6 is 23.2 Å². The van der Waals surface area contributed by atoms with Gasteiger partial charge in [-0.15, -0.1) is 0 Å². The Balaban J connectivity index is 1.26. The minimum Gasteiger partial charge on any atom is -0.367 e. The van der Waals surface area contributed by atoms with E-state index >= 15 is 0 Å². The SMILES string of the molecule is O=C(Nc1ccc(N2CCN(C(=O)c3ccccc3)CC2)c(Cl)c1)c1cccc2c(Cl)cccc12. The molecular weight excluding hydrogens is 481 g/mol. The molecule has 1 saturated heterocycles. The van der Waals surface area contributed by atoms with Crippen molar-refractivity contribution in [3.8, 4) is 0 Å². The number of piperazine rings is 1. The van der Waals surface area contributed by atoms with E-state index in [0.717, 1.165) is 16.5 Å². The van der Waals surface area contributed by atoms with E-state index in [1.807, 2.05) is 77.7 Å². The quantitative estimate of drug-likeness (QED) is 0.352. The first kappa shape index (κ1) is 23.2. The van der Waals surface area contributed by atoms with Crippen molar-refractivity contribution in [1.29, 1.82) is 0 Å². The lowest BCUT2D eigenvalue weighted by Crippen LogP contribution is -2.48. The molecule has 0 unspecified atom stereocenters. The number of fused-ring (bicyclic) bond motifs is 1. The van der Waals surface area contributed by atoms with Crippen LogP contribution in [0.4, 0.5) is 11.4 Å². The number of hydrogen-bond acceptors (Lipinski definition) is 3. The number of nitrogens with one attached hydrogen (secondary N) is 1. The number of amides is 2. The molecule has 5 rings (SSSR count). The number of halogens is 2. The van der Waals surface area contributed by atoms with Crippen molar-refractivity contribution in [2.75, 3.05) is 36.4 Å². The van der Waals surface area contributed by atoms with E-state index in [0.29, 0.717) is 53.0 Å². The molecule has 1 fully saturated rings. The molecule has 5 nitrogen and oxygen atoms in total. The van der Waals surface area contributed by atoms with E-state index in [-0.39, 0.29) is 11.8 Å². The first-order valence-corrected chi connectivity index (χ1v) is 12.1. The fourth-order valence-electron chi connectivity index (χ4n) is 4.42. The smallest absolute Gasteiger partial charge is 0.256 e. The minimum absolute atomic E-state index is 0.0455. The van der Waals surface area contributed by atoms with Crippen molar-refractivity contribution < 1.29 is 9.59 Å². The van der Waals surface area contributed by atoms with E-state index in [9.17, 15) is 9.59 Å². The summed E-state index contributed by atoms with van der Waals surface area (Å²) in [4.78, 5) is 29.7. The standard InChI is InChI=1S/C28H23Cl2N3O2/c29-24-11-5-8-21-22(24)9-4-10-23(21)27(34)31-20-12-13-26(25(30)18-20)32-14-16-33(17-15-32)28(35)19-6-2-1-3-7-19/h1-13,18H,14-17H2,(H,31,34). The van der Waals surface area contributed by atoms with Crippen LogP contribution in [-0.2, 0) is 0 Å². The maximum atomic E-state index is 13.0. The molecule has 0 saturated carbocycles. The Bertz CT molecular complexity index is 1400. The van der Waals surface area contributed by atoms with E-state index in [1.165, 1.54) is 0 Å². The number of carbonyl (C=O) groups excluding carboxylic acids is 2. The molecule has 176 valence electrons. The summed E-state index contributed by atoms with van der Waals surface area (Å²) in [6, 6.07) is 25.9. The van der Waals surface area contributed by atoms with Crippen molar-refractivity contribution in [3.63, 3.8) is 0 Å². The van der Waals surface area contributed by atoms with E-state index in [1.54, 1.807) is 12.1 Å². The van der Waals surface area contributed by atoms with Gasteiger partial charge < -0.3 is 15.1 Å². The topological polar surface area (TPSA) is 52.7 Å². The highest BCUT2D eigenvalue weighted by Gasteiger charge is 2.23. The van der Waals surface area contributed by atoms with Gasteiger partial charge in [-0.2, -0.15) is 0 Å². The van der Waals surface area contributed by atoms with Crippen LogP contribution in [0.5, 0.6) is 0 Å². The summed E-state index contributed by atoms with van der Waals surface area (Å²) in [6.07, 6.45) is 0. The summed E-state index contributed by atoms with van der Waals surface area (Å²) >= 11 is 12.9. The highest BCUT2D eigenvalue weighted by molar-refractivity contribution is 6.36. The Hall–Kier alpha value is -3.54. The fourth-order valence-corrected chi connectivity index (χ4v) is 4.96. The highest BCUT2D eigenvalue weighted by atomic mass is 35.5. The molecule has 0 spiro atoms. The number of anilines is 2. The van der Waals surface area contributed by atoms with E-state index < -0.39 is 0 Å². The van der Waals surface area contributed by atoms with Gasteiger partial charge in [-0.25, -0.2) is 0 Å². The average Bonchev–Trinajstić information content (AvgIpc) is 2.89. The van der Waals surface area contributed by atoms with E-state index in [2.05, 4.69) is 10.2 Å². The van der Waals surface area contributed by atoms with Crippen LogP contribution in [0.2, 0.25) is 10.0 Å². The third kappa shape index (κ3) is 4.83. The largest absolute Gasteiger partial charge is 0.367 e. The van der Waals surface area contributed by atoms with Crippen LogP contribution < -0.4 is 10.2 Å². The molecule has 0 aromatic heterocycles. The van der Waals surface area contributed by atoms with Gasteiger partial charge in [0.2, 0.25) is 0 Å². The Kier molecular flexibility index (Phi) is 6.62. The van der Waals surface area contributed by atoms with Gasteiger partial charge in [-0.1, -0.05) is 65.7 Å². The summed E-state index contributed by atoms with van der Waals surface area (Å²) in [5.41, 5.74) is 2.74. The number of rotatable bonds is 4. The maximum absolute atomic E-state index is 13.0. The maximum Gasteiger partial charge on any atom is 0.256 e. The first-order chi connectivity index (χ1) is 17.0. The van der Waals surface area contributed by atoms with Gasteiger partial charge in [-0.05, 0) is 47.9 Å². The number of nitrogens with zero attached hydrogens (tertiary/aromatic N) is 2. The summed E-state index contributed by atoms with van der Waals surface area (Å²) in [5.74, 6) is -0.182. The second-order valence-corrected chi connectivity index (χ2v) is 9.22. The lowest BCUT2D eigenvalue weighted by molar-refractivity contribution is 0.0746. The molecular formula is C28H23Cl2N3O2. The summed E-state index contributed by atoms with van der Waals surface area (Å²) in [7, 11) is 0. The second-order valence-electron chi connectivity index (χ2n) is 8.41. The predicted molar refractivity (Wildman–Crippen MR) is 143 cm³/mol. The molecule has 2 amide bonds. The zero-order valence-corrected chi connectivity index (χ0v) is 20.4. The molecule has 7 heteroatoms. The van der Waals surface area contributed by atoms with Gasteiger partial charge in [0.15, 0.2) is 0 Å². The zero-order chi connectivity index (χ0) is 24.4. The van der Waals surface area contributed by atoms with Crippen LogP contribution in [0.3, 0.4) is 0 Å². The van der Waals surface area contributed by atoms with Gasteiger partial charge in [0.25, 0.3) is 11.8 Å². The van der Waals surface area contributed by atoms with Gasteiger partial charge in [0.1, 0.15) is 0 Å². The third-order valence-electron chi connectivity index (χ3n) is 6.25. The summed E-state index contributed by atoms with van der Waals surface area (Å²) < 4.78 is 0. The average molecular weight is 504 g/mol. The molecule has 0 atom stereocenters. The molecule has 1 heterocycles. The molecule has 4 aromatic rings. The molecule has 0 bridgehead atoms. The van der Waals surface area contributed by atoms with Gasteiger partial charge in [0, 0.05) is 53.4 Å². The minimum atomic E-state index is -0.227. The summed E-state index contributed by atoms with van der Waals surface area (Å²) in [6.45, 7) is 2.60. The number of hydrogen-bond donors (Lipinski definition) is 1. The van der Waals surface area contributed by atoms with Crippen molar-refractivity contribution in [2.24, 2.45) is 0 Å². The molecule has 4 aromatic carbocycles. The Labute approximate surface area is 213 Å². The first-order valence-electron chi connectivity index (χ1n) is 11.4. The van der Waals surface area contributed by atoms with Crippen LogP contribution in [-0.4, -0.2) is 42.9 Å². The van der Waals surface area contributed by atoms with Gasteiger partial charge in [0.05, 0.1) is 10.7 Å². The molecule has 1 aliphatic rings. The molecule has 0 radical (unpaired) electrons. The molecule has 35 heavy (non-hydrogen) atoms. The molecule has 1 N–H and O–H groups in total. The van der Waals surface area contributed by atoms with Crippen LogP contribution in [0.25, 0.3) is 10.8 Å². The van der Waals surface area contributed by atoms with E-state index in [4.69, 9.17) is 23.2 Å². The fraction of sp³-hybridized carbons (Fsp3) is 0.143. The lowest BCUT2D eigenvalue weighted by Gasteiger charge is -2.36. The normalized spacial score (nSPS) is 13.7. The van der Waals surface area contributed by atoms with Crippen molar-refractivity contribution in [1.82, 2.24) is 4.90 Å². The number of benzene rings is 4. The Morgan fingerprint density at radius 2 is 1.43 bits per heavy atom. The van der Waals surface area contributed by atoms with Crippen LogP contribution in [0.1, 0.15) is 20.7 Å². The second kappa shape index (κ2) is 9.98. The lowest BCUT2D eigenvalue weighted by atomic mass is 10.0. The van der Waals surface area contributed by atoms with Crippen LogP contribution in [0.15, 0.2) is 84.9 Å². The predicted octanol–water partition coefficient (Wildman–Crippen LogP) is 6.36. The van der Waals surface area contributed by atoms with Crippen molar-refractivity contribution in [2.45, 2.75) is 0 Å².